The van der Waals surface area contributed by atoms with Gasteiger partial charge in [0.25, 0.3) is 17.2 Å². The van der Waals surface area contributed by atoms with Crippen molar-refractivity contribution in [1.29, 1.82) is 0 Å². The first kappa shape index (κ1) is 59.0. The number of pyridine rings is 1. The quantitative estimate of drug-likeness (QED) is 0.129. The summed E-state index contributed by atoms with van der Waals surface area (Å²) in [5, 5.41) is 23.9. The maximum atomic E-state index is 14.6. The second-order valence-corrected chi connectivity index (χ2v) is 22.6. The molecule has 3 aliphatic heterocycles. The fourth-order valence-electron chi connectivity index (χ4n) is 11.9. The number of ether oxygens (including phenoxy) is 4. The molecular formula is C58H92N4O10. The number of rotatable bonds is 8. The van der Waals surface area contributed by atoms with Crippen LogP contribution in [0.3, 0.4) is 0 Å². The summed E-state index contributed by atoms with van der Waals surface area (Å²) in [6, 6.07) is 2.18. The number of aliphatic hydroxyl groups is 2. The minimum absolute atomic E-state index is 0.0478. The predicted molar refractivity (Wildman–Crippen MR) is 284 cm³/mol. The fraction of sp³-hybridized carbons (Fsp3) is 0.724. The molecule has 14 nitrogen and oxygen atoms in total. The normalized spacial score (nSPS) is 37.5. The molecular weight excluding hydrogens is 913 g/mol. The van der Waals surface area contributed by atoms with Crippen LogP contribution in [0, 0.1) is 41.4 Å². The molecule has 1 aromatic rings. The van der Waals surface area contributed by atoms with Gasteiger partial charge in [-0.05, 0) is 157 Å². The van der Waals surface area contributed by atoms with Crippen LogP contribution >= 0.6 is 0 Å². The Morgan fingerprint density at radius 1 is 0.889 bits per heavy atom. The Kier molecular flexibility index (Phi) is 22.6. The molecule has 3 fully saturated rings. The van der Waals surface area contributed by atoms with Crippen LogP contribution in [0.1, 0.15) is 138 Å². The van der Waals surface area contributed by atoms with Gasteiger partial charge in [0, 0.05) is 59.6 Å². The summed E-state index contributed by atoms with van der Waals surface area (Å²) in [5.74, 6) is -4.57. The number of aryl methyl sites for hydroxylation is 1. The van der Waals surface area contributed by atoms with E-state index in [1.165, 1.54) is 4.90 Å². The summed E-state index contributed by atoms with van der Waals surface area (Å²) in [6.45, 7) is 14.9. The van der Waals surface area contributed by atoms with Crippen molar-refractivity contribution in [3.63, 3.8) is 0 Å². The number of ketones is 1. The van der Waals surface area contributed by atoms with E-state index >= 15 is 0 Å². The van der Waals surface area contributed by atoms with Crippen molar-refractivity contribution in [2.24, 2.45) is 54.2 Å². The summed E-state index contributed by atoms with van der Waals surface area (Å²) < 4.78 is 26.2. The van der Waals surface area contributed by atoms with E-state index in [-0.39, 0.29) is 41.9 Å². The number of Topliss-reactive ketones (excluding diaryl/α,β-unsaturated/α-hetero) is 1. The zero-order valence-electron chi connectivity index (χ0n) is 45.7. The largest absolute Gasteiger partial charge is 0.461 e. The van der Waals surface area contributed by atoms with Crippen LogP contribution in [-0.4, -0.2) is 120 Å². The molecule has 0 spiro atoms. The fourth-order valence-corrected chi connectivity index (χ4v) is 11.9. The molecule has 4 N–H and O–H groups in total. The van der Waals surface area contributed by atoms with Gasteiger partial charge in [0.1, 0.15) is 23.9 Å². The molecule has 72 heavy (non-hydrogen) atoms. The molecule has 5 rings (SSSR count). The van der Waals surface area contributed by atoms with Crippen molar-refractivity contribution in [3.05, 3.63) is 76.3 Å². The van der Waals surface area contributed by atoms with Gasteiger partial charge in [0.05, 0.1) is 18.3 Å². The van der Waals surface area contributed by atoms with Crippen LogP contribution in [0.5, 0.6) is 0 Å². The van der Waals surface area contributed by atoms with Crippen molar-refractivity contribution in [2.75, 3.05) is 39.3 Å². The Bertz CT molecular complexity index is 2120. The minimum atomic E-state index is -2.41. The lowest BCUT2D eigenvalue weighted by Gasteiger charge is -2.43. The lowest BCUT2D eigenvalue weighted by molar-refractivity contribution is -0.264. The number of piperidine rings is 1. The number of nitrogens with zero attached hydrogens (tertiary/aromatic N) is 3. The molecule has 4 heterocycles. The molecule has 1 aromatic heterocycles. The van der Waals surface area contributed by atoms with Crippen molar-refractivity contribution in [3.8, 4) is 0 Å². The molecule has 7 unspecified atom stereocenters. The van der Waals surface area contributed by atoms with Crippen molar-refractivity contribution in [1.82, 2.24) is 9.47 Å². The Labute approximate surface area is 431 Å². The Balaban J connectivity index is 1.48. The van der Waals surface area contributed by atoms with E-state index in [1.807, 2.05) is 62.2 Å². The smallest absolute Gasteiger partial charge is 0.329 e. The molecule has 0 aromatic carbocycles. The van der Waals surface area contributed by atoms with E-state index in [2.05, 4.69) is 33.8 Å². The van der Waals surface area contributed by atoms with E-state index in [0.717, 1.165) is 43.3 Å². The molecule has 0 radical (unpaired) electrons. The Hall–Kier alpha value is -3.92. The monoisotopic (exact) mass is 1000 g/mol. The van der Waals surface area contributed by atoms with Gasteiger partial charge in [-0.15, -0.1) is 0 Å². The number of anilines is 1. The second-order valence-electron chi connectivity index (χ2n) is 22.6. The van der Waals surface area contributed by atoms with Crippen molar-refractivity contribution >= 4 is 23.3 Å². The highest BCUT2D eigenvalue weighted by molar-refractivity contribution is 6.39. The van der Waals surface area contributed by atoms with Gasteiger partial charge in [-0.25, -0.2) is 4.79 Å². The minimum Gasteiger partial charge on any atom is -0.461 e. The summed E-state index contributed by atoms with van der Waals surface area (Å²) in [5.41, 5.74) is 8.94. The van der Waals surface area contributed by atoms with Crippen molar-refractivity contribution < 1.29 is 43.5 Å². The number of methoxy groups -OCH3 is 2. The molecule has 404 valence electrons. The number of aliphatic hydroxyl groups excluding tert-OH is 1. The number of nitrogens with two attached hydrogens (primary N) is 1. The summed E-state index contributed by atoms with van der Waals surface area (Å²) in [4.78, 5) is 60.1. The van der Waals surface area contributed by atoms with E-state index < -0.39 is 65.9 Å². The van der Waals surface area contributed by atoms with Gasteiger partial charge < -0.3 is 49.3 Å². The lowest BCUT2D eigenvalue weighted by atomic mass is 9.76. The van der Waals surface area contributed by atoms with Crippen LogP contribution in [0.2, 0.25) is 0 Å². The third-order valence-electron chi connectivity index (χ3n) is 16.6. The molecule has 1 aliphatic carbocycles. The highest BCUT2D eigenvalue weighted by atomic mass is 16.6. The number of fused-ring (bicyclic) bond motifs is 3. The molecule has 2 saturated heterocycles. The van der Waals surface area contributed by atoms with Gasteiger partial charge in [-0.1, -0.05) is 76.6 Å². The Morgan fingerprint density at radius 3 is 2.35 bits per heavy atom. The third-order valence-corrected chi connectivity index (χ3v) is 16.6. The van der Waals surface area contributed by atoms with E-state index in [0.29, 0.717) is 81.9 Å². The van der Waals surface area contributed by atoms with Gasteiger partial charge in [-0.3, -0.25) is 14.4 Å². The number of carbonyl (C=O) groups is 3. The first-order chi connectivity index (χ1) is 34.2. The lowest BCUT2D eigenvalue weighted by Crippen LogP contribution is -2.60. The average Bonchev–Trinajstić information content (AvgIpc) is 3.35. The summed E-state index contributed by atoms with van der Waals surface area (Å²) >= 11 is 0. The number of cyclic esters (lactones) is 1. The van der Waals surface area contributed by atoms with Crippen LogP contribution < -0.4 is 16.2 Å². The van der Waals surface area contributed by atoms with Gasteiger partial charge in [0.2, 0.25) is 5.79 Å². The molecule has 1 amide bonds. The molecule has 2 bridgehead atoms. The molecule has 15 atom stereocenters. The summed E-state index contributed by atoms with van der Waals surface area (Å²) in [6.07, 6.45) is 20.9. The second kappa shape index (κ2) is 27.6. The predicted octanol–water partition coefficient (Wildman–Crippen LogP) is 8.23. The topological polar surface area (TPSA) is 183 Å². The number of aromatic nitrogens is 1. The number of allylic oxidation sites excluding steroid dienone is 5. The van der Waals surface area contributed by atoms with Crippen LogP contribution in [0.4, 0.5) is 5.69 Å². The zero-order chi connectivity index (χ0) is 52.9. The maximum Gasteiger partial charge on any atom is 0.329 e. The number of amides is 1. The number of carbonyl (C=O) groups excluding carboxylic acids is 3. The molecule has 4 aliphatic rings. The zero-order valence-corrected chi connectivity index (χ0v) is 45.7. The van der Waals surface area contributed by atoms with Crippen LogP contribution in [0.25, 0.3) is 0 Å². The van der Waals surface area contributed by atoms with Crippen molar-refractivity contribution in [2.45, 2.75) is 187 Å². The Morgan fingerprint density at radius 2 is 1.62 bits per heavy atom. The number of hydrogen-bond donors (Lipinski definition) is 3. The first-order valence-corrected chi connectivity index (χ1v) is 27.2. The van der Waals surface area contributed by atoms with Gasteiger partial charge >= 0.3 is 5.97 Å². The maximum absolute atomic E-state index is 14.6. The SMILES string of the molecule is COC1CC(C[C@@H](C)[C@@H]2CC[C@H](N)/C=C(\C)C(O)[C@@H](OC)CC(C)C[C@H](C)/C=C/C=C/C=C(\C)[C@@H](CN(C)c3cccn(C)c3=O)C[C@@H]3CCC(C)C(O)(O3)C(=O)C(=O)N3CCCCC3C(=O)O2)CC[C@H]1C. The standard InChI is InChI=1S/C58H92N4O10/c1-37-18-13-12-14-19-39(3)45(36-61(9)48-21-17-28-60(8)55(48)65)35-47-26-23-43(7)58(68,72-47)54(64)56(66)62-29-16-15-20-49(62)57(67)71-50(41(5)32-44-24-22-40(4)51(34-44)69-10)27-25-46(59)33-42(6)53(63)52(70-11)31-38(2)30-37/h12-14,17-19,21,28,33,37-38,40-41,43-47,49-53,63,68H,15-16,20,22-27,29-32,34-36,59H2,1-11H3/b14-12+,18-13+,39-19+,42-33+/t37-,38?,40-,41-,43?,44?,45-,46+,47+,49?,50+,51?,52+,53?,58?/m1/s1. The highest BCUT2D eigenvalue weighted by Crippen LogP contribution is 2.39. The summed E-state index contributed by atoms with van der Waals surface area (Å²) in [7, 11) is 7.01. The highest BCUT2D eigenvalue weighted by Gasteiger charge is 2.53. The molecule has 1 saturated carbocycles. The first-order valence-electron chi connectivity index (χ1n) is 27.2. The number of hydrogen-bond acceptors (Lipinski definition) is 12. The third kappa shape index (κ3) is 15.8. The average molecular weight is 1010 g/mol. The number of esters is 1. The van der Waals surface area contributed by atoms with E-state index in [9.17, 15) is 29.4 Å². The van der Waals surface area contributed by atoms with E-state index in [4.69, 9.17) is 24.7 Å². The van der Waals surface area contributed by atoms with E-state index in [1.54, 1.807) is 45.0 Å². The van der Waals surface area contributed by atoms with Crippen LogP contribution in [0.15, 0.2) is 70.7 Å². The van der Waals surface area contributed by atoms with Gasteiger partial charge in [-0.2, -0.15) is 0 Å². The molecule has 14 heteroatoms. The van der Waals surface area contributed by atoms with Gasteiger partial charge in [0.15, 0.2) is 0 Å². The van der Waals surface area contributed by atoms with Crippen LogP contribution in [-0.2, 0) is 40.4 Å².